The van der Waals surface area contributed by atoms with Gasteiger partial charge in [0.25, 0.3) is 0 Å². The summed E-state index contributed by atoms with van der Waals surface area (Å²) in [6, 6.07) is 8.94. The first-order valence-corrected chi connectivity index (χ1v) is 7.88. The number of allylic oxidation sites excluding steroid dienone is 1. The zero-order valence-corrected chi connectivity index (χ0v) is 14.3. The Morgan fingerprint density at radius 3 is 2.52 bits per heavy atom. The van der Waals surface area contributed by atoms with Crippen molar-refractivity contribution in [3.63, 3.8) is 0 Å². The molecule has 0 unspecified atom stereocenters. The molecule has 1 aliphatic carbocycles. The van der Waals surface area contributed by atoms with Gasteiger partial charge in [-0.25, -0.2) is 0 Å². The molecule has 3 rings (SSSR count). The van der Waals surface area contributed by atoms with E-state index in [1.54, 1.807) is 44.4 Å². The molecule has 124 valence electrons. The van der Waals surface area contributed by atoms with Crippen molar-refractivity contribution in [1.29, 1.82) is 0 Å². The molecule has 25 heavy (non-hydrogen) atoms. The van der Waals surface area contributed by atoms with Gasteiger partial charge in [0, 0.05) is 29.1 Å². The number of Topliss-reactive ketones (excluding diaryl/α,β-unsaturated/α-hetero) is 2. The van der Waals surface area contributed by atoms with Crippen molar-refractivity contribution in [2.75, 3.05) is 0 Å². The summed E-state index contributed by atoms with van der Waals surface area (Å²) in [5.74, 6) is 5.01. The second-order valence-corrected chi connectivity index (χ2v) is 6.49. The summed E-state index contributed by atoms with van der Waals surface area (Å²) in [6.07, 6.45) is 3.35. The first-order chi connectivity index (χ1) is 11.8. The number of pyridine rings is 1. The van der Waals surface area contributed by atoms with Gasteiger partial charge in [0.2, 0.25) is 0 Å². The van der Waals surface area contributed by atoms with Crippen LogP contribution < -0.4 is 0 Å². The Hall–Kier alpha value is -3.19. The monoisotopic (exact) mass is 331 g/mol. The highest BCUT2D eigenvalue weighted by molar-refractivity contribution is 6.28. The van der Waals surface area contributed by atoms with Crippen LogP contribution >= 0.6 is 0 Å². The number of benzene rings is 1. The number of ketones is 2. The van der Waals surface area contributed by atoms with Crippen LogP contribution in [0.25, 0.3) is 5.76 Å². The van der Waals surface area contributed by atoms with E-state index in [-0.39, 0.29) is 17.1 Å². The van der Waals surface area contributed by atoms with E-state index in [2.05, 4.69) is 16.8 Å². The number of rotatable bonds is 1. The van der Waals surface area contributed by atoms with Crippen LogP contribution in [0.2, 0.25) is 0 Å². The number of aromatic nitrogens is 1. The average molecular weight is 331 g/mol. The smallest absolute Gasteiger partial charge is 0.180 e. The van der Waals surface area contributed by atoms with Crippen LogP contribution in [-0.2, 0) is 15.0 Å². The quantitative estimate of drug-likeness (QED) is 0.644. The van der Waals surface area contributed by atoms with Crippen LogP contribution in [0.15, 0.2) is 48.3 Å². The summed E-state index contributed by atoms with van der Waals surface area (Å²) < 4.78 is 0. The molecule has 1 heterocycles. The lowest BCUT2D eigenvalue weighted by Crippen LogP contribution is -2.37. The molecule has 0 radical (unpaired) electrons. The van der Waals surface area contributed by atoms with Crippen LogP contribution in [0.1, 0.15) is 43.0 Å². The largest absolute Gasteiger partial charge is 0.506 e. The molecule has 0 spiro atoms. The fourth-order valence-electron chi connectivity index (χ4n) is 2.93. The van der Waals surface area contributed by atoms with Crippen LogP contribution in [0.5, 0.6) is 0 Å². The average Bonchev–Trinajstić information content (AvgIpc) is 2.59. The first-order valence-electron chi connectivity index (χ1n) is 7.88. The number of nitrogens with zero attached hydrogens (tertiary/aromatic N) is 1. The van der Waals surface area contributed by atoms with E-state index < -0.39 is 11.2 Å². The molecule has 4 nitrogen and oxygen atoms in total. The lowest BCUT2D eigenvalue weighted by atomic mass is 9.70. The van der Waals surface area contributed by atoms with Crippen molar-refractivity contribution >= 4 is 17.3 Å². The summed E-state index contributed by atoms with van der Waals surface area (Å²) in [6.45, 7) is 4.79. The molecule has 4 heteroatoms. The lowest BCUT2D eigenvalue weighted by Gasteiger charge is -2.31. The Kier molecular flexibility index (Phi) is 4.02. The molecule has 0 amide bonds. The summed E-state index contributed by atoms with van der Waals surface area (Å²) in [5.41, 5.74) is 1.64. The molecule has 1 N–H and O–H groups in total. The van der Waals surface area contributed by atoms with Crippen molar-refractivity contribution in [2.45, 2.75) is 26.2 Å². The molecular formula is C21H17NO3. The van der Waals surface area contributed by atoms with Crippen LogP contribution in [0.3, 0.4) is 0 Å². The van der Waals surface area contributed by atoms with Gasteiger partial charge in [-0.1, -0.05) is 11.8 Å². The number of aliphatic hydroxyl groups is 1. The van der Waals surface area contributed by atoms with Gasteiger partial charge >= 0.3 is 0 Å². The maximum absolute atomic E-state index is 12.7. The molecule has 0 saturated carbocycles. The van der Waals surface area contributed by atoms with Gasteiger partial charge in [-0.15, -0.1) is 0 Å². The van der Waals surface area contributed by atoms with E-state index in [9.17, 15) is 14.7 Å². The highest BCUT2D eigenvalue weighted by atomic mass is 16.3. The minimum atomic E-state index is -0.908. The molecule has 0 saturated heterocycles. The fraction of sp³-hybridized carbons (Fsp3) is 0.190. The van der Waals surface area contributed by atoms with Crippen molar-refractivity contribution in [1.82, 2.24) is 4.98 Å². The summed E-state index contributed by atoms with van der Waals surface area (Å²) in [7, 11) is 0. The molecule has 0 bridgehead atoms. The van der Waals surface area contributed by atoms with Crippen molar-refractivity contribution < 1.29 is 14.7 Å². The Balaban J connectivity index is 2.12. The van der Waals surface area contributed by atoms with Crippen molar-refractivity contribution in [3.8, 4) is 11.8 Å². The molecule has 1 aliphatic rings. The van der Waals surface area contributed by atoms with Gasteiger partial charge in [0.15, 0.2) is 11.6 Å². The van der Waals surface area contributed by atoms with Crippen LogP contribution in [-0.4, -0.2) is 21.7 Å². The predicted octanol–water partition coefficient (Wildman–Crippen LogP) is 3.20. The van der Waals surface area contributed by atoms with Crippen LogP contribution in [0.4, 0.5) is 0 Å². The van der Waals surface area contributed by atoms with Crippen LogP contribution in [0, 0.1) is 11.8 Å². The second kappa shape index (κ2) is 6.03. The zero-order chi connectivity index (χ0) is 18.2. The predicted molar refractivity (Wildman–Crippen MR) is 94.9 cm³/mol. The molecular weight excluding hydrogens is 314 g/mol. The number of fused-ring (bicyclic) bond motifs is 1. The maximum Gasteiger partial charge on any atom is 0.180 e. The van der Waals surface area contributed by atoms with E-state index >= 15 is 0 Å². The highest BCUT2D eigenvalue weighted by Gasteiger charge is 2.42. The van der Waals surface area contributed by atoms with Gasteiger partial charge < -0.3 is 5.11 Å². The molecule has 2 aromatic rings. The van der Waals surface area contributed by atoms with E-state index in [1.807, 2.05) is 12.1 Å². The molecule has 0 fully saturated rings. The summed E-state index contributed by atoms with van der Waals surface area (Å²) in [4.78, 5) is 28.5. The Morgan fingerprint density at radius 1 is 1.16 bits per heavy atom. The minimum Gasteiger partial charge on any atom is -0.506 e. The van der Waals surface area contributed by atoms with Gasteiger partial charge in [-0.05, 0) is 56.7 Å². The zero-order valence-electron chi connectivity index (χ0n) is 14.3. The van der Waals surface area contributed by atoms with E-state index in [1.165, 1.54) is 6.92 Å². The van der Waals surface area contributed by atoms with E-state index in [4.69, 9.17) is 0 Å². The molecule has 1 aromatic carbocycles. The molecule has 0 atom stereocenters. The van der Waals surface area contributed by atoms with Gasteiger partial charge in [0.1, 0.15) is 11.3 Å². The third-order valence-electron chi connectivity index (χ3n) is 4.34. The van der Waals surface area contributed by atoms with E-state index in [0.29, 0.717) is 11.1 Å². The highest BCUT2D eigenvalue weighted by Crippen LogP contribution is 2.39. The molecule has 1 aromatic heterocycles. The Bertz CT molecular complexity index is 973. The maximum atomic E-state index is 12.7. The number of carbonyl (C=O) groups excluding carboxylic acids is 2. The van der Waals surface area contributed by atoms with E-state index in [0.717, 1.165) is 11.1 Å². The third-order valence-corrected chi connectivity index (χ3v) is 4.34. The third kappa shape index (κ3) is 2.85. The fourth-order valence-corrected chi connectivity index (χ4v) is 2.93. The van der Waals surface area contributed by atoms with Crippen molar-refractivity contribution in [2.24, 2.45) is 0 Å². The minimum absolute atomic E-state index is 0.133. The summed E-state index contributed by atoms with van der Waals surface area (Å²) in [5, 5.41) is 10.4. The van der Waals surface area contributed by atoms with Gasteiger partial charge in [0.05, 0.1) is 5.41 Å². The second-order valence-electron chi connectivity index (χ2n) is 6.49. The van der Waals surface area contributed by atoms with Gasteiger partial charge in [-0.3, -0.25) is 14.6 Å². The molecule has 0 aliphatic heterocycles. The first kappa shape index (κ1) is 16.7. The Morgan fingerprint density at radius 2 is 1.88 bits per heavy atom. The van der Waals surface area contributed by atoms with Gasteiger partial charge in [-0.2, -0.15) is 0 Å². The van der Waals surface area contributed by atoms with Crippen molar-refractivity contribution in [3.05, 3.63) is 70.6 Å². The standard InChI is InChI=1S/C21H17NO3/c1-13(23)18-19(24)16-9-8-14(6-7-15-5-4-10-22-12-15)11-17(16)21(2,3)20(18)25/h4-5,8-12,24H,1-3H3. The number of hydrogen-bond acceptors (Lipinski definition) is 4. The topological polar surface area (TPSA) is 67.3 Å². The lowest BCUT2D eigenvalue weighted by molar-refractivity contribution is -0.123. The SMILES string of the molecule is CC(=O)C1=C(O)c2ccc(C#Cc3cccnc3)cc2C(C)(C)C1=O. The number of aliphatic hydroxyl groups excluding tert-OH is 1. The summed E-state index contributed by atoms with van der Waals surface area (Å²) >= 11 is 0. The normalized spacial score (nSPS) is 15.2. The number of carbonyl (C=O) groups is 2. The Labute approximate surface area is 146 Å². The number of hydrogen-bond donors (Lipinski definition) is 1.